The van der Waals surface area contributed by atoms with Crippen LogP contribution in [0, 0.1) is 17.1 Å². The van der Waals surface area contributed by atoms with Gasteiger partial charge in [0, 0.05) is 16.2 Å². The minimum absolute atomic E-state index is 0.172. The lowest BCUT2D eigenvalue weighted by molar-refractivity contribution is 0.470. The minimum Gasteiger partial charge on any atom is -0.508 e. The molecule has 0 bridgehead atoms. The number of aromatic hydroxyl groups is 1. The van der Waals surface area contributed by atoms with Gasteiger partial charge in [0.25, 0.3) is 0 Å². The van der Waals surface area contributed by atoms with Crippen molar-refractivity contribution in [2.45, 2.75) is 17.1 Å². The molecule has 0 aliphatic carbocycles. The fraction of sp³-hybridized carbons (Fsp3) is 0.133. The van der Waals surface area contributed by atoms with Crippen LogP contribution in [-0.4, -0.2) is 5.11 Å². The van der Waals surface area contributed by atoms with E-state index in [9.17, 15) is 9.50 Å². The Morgan fingerprint density at radius 3 is 2.74 bits per heavy atom. The topological polar surface area (TPSA) is 44.0 Å². The van der Waals surface area contributed by atoms with E-state index in [0.29, 0.717) is 22.6 Å². The van der Waals surface area contributed by atoms with Gasteiger partial charge in [-0.3, -0.25) is 0 Å². The Balaban J connectivity index is 2.13. The molecule has 0 spiro atoms. The molecule has 2 nitrogen and oxygen atoms in total. The fourth-order valence-electron chi connectivity index (χ4n) is 1.67. The predicted molar refractivity (Wildman–Crippen MR) is 73.4 cm³/mol. The quantitative estimate of drug-likeness (QED) is 0.859. The summed E-state index contributed by atoms with van der Waals surface area (Å²) in [4.78, 5) is 0.549. The number of nitrogens with zero attached hydrogens (tertiary/aromatic N) is 1. The zero-order valence-corrected chi connectivity index (χ0v) is 11.0. The van der Waals surface area contributed by atoms with Gasteiger partial charge in [-0.25, -0.2) is 4.39 Å². The lowest BCUT2D eigenvalue weighted by Crippen LogP contribution is -1.88. The Labute approximate surface area is 115 Å². The molecule has 0 fully saturated rings. The number of nitriles is 1. The van der Waals surface area contributed by atoms with Gasteiger partial charge in [0.05, 0.1) is 12.5 Å². The average Bonchev–Trinajstić information content (AvgIpc) is 2.41. The third-order valence-electron chi connectivity index (χ3n) is 2.65. The molecule has 0 unspecified atom stereocenters. The van der Waals surface area contributed by atoms with Crippen LogP contribution >= 0.6 is 11.8 Å². The molecular weight excluding hydrogens is 261 g/mol. The van der Waals surface area contributed by atoms with E-state index in [2.05, 4.69) is 6.07 Å². The highest BCUT2D eigenvalue weighted by molar-refractivity contribution is 7.98. The number of phenols is 1. The number of benzene rings is 2. The summed E-state index contributed by atoms with van der Waals surface area (Å²) in [7, 11) is 0. The van der Waals surface area contributed by atoms with Crippen LogP contribution in [0.1, 0.15) is 11.1 Å². The maximum atomic E-state index is 13.5. The van der Waals surface area contributed by atoms with Crippen molar-refractivity contribution in [1.29, 1.82) is 5.26 Å². The summed E-state index contributed by atoms with van der Waals surface area (Å²) >= 11 is 1.32. The van der Waals surface area contributed by atoms with Crippen molar-refractivity contribution in [3.05, 3.63) is 59.4 Å². The first-order valence-corrected chi connectivity index (χ1v) is 6.74. The van der Waals surface area contributed by atoms with E-state index in [0.717, 1.165) is 5.56 Å². The first kappa shape index (κ1) is 13.4. The molecule has 0 saturated carbocycles. The van der Waals surface area contributed by atoms with E-state index < -0.39 is 0 Å². The van der Waals surface area contributed by atoms with Crippen LogP contribution in [-0.2, 0) is 12.2 Å². The van der Waals surface area contributed by atoms with Crippen LogP contribution in [0.5, 0.6) is 5.75 Å². The molecular formula is C15H12FNOS. The second-order valence-corrected chi connectivity index (χ2v) is 5.03. The lowest BCUT2D eigenvalue weighted by Gasteiger charge is -2.07. The number of phenolic OH excluding ortho intramolecular Hbond substituents is 1. The fourth-order valence-corrected chi connectivity index (χ4v) is 2.60. The molecule has 0 aromatic heterocycles. The van der Waals surface area contributed by atoms with Crippen LogP contribution < -0.4 is 0 Å². The van der Waals surface area contributed by atoms with Crippen molar-refractivity contribution < 1.29 is 9.50 Å². The van der Waals surface area contributed by atoms with Gasteiger partial charge in [-0.05, 0) is 23.8 Å². The molecule has 4 heteroatoms. The van der Waals surface area contributed by atoms with Crippen LogP contribution in [0.2, 0.25) is 0 Å². The van der Waals surface area contributed by atoms with Crippen LogP contribution in [0.25, 0.3) is 0 Å². The summed E-state index contributed by atoms with van der Waals surface area (Å²) in [5.41, 5.74) is 1.56. The van der Waals surface area contributed by atoms with Crippen molar-refractivity contribution in [1.82, 2.24) is 0 Å². The normalized spacial score (nSPS) is 10.1. The Kier molecular flexibility index (Phi) is 4.43. The van der Waals surface area contributed by atoms with Crippen molar-refractivity contribution in [2.24, 2.45) is 0 Å². The largest absolute Gasteiger partial charge is 0.508 e. The summed E-state index contributed by atoms with van der Waals surface area (Å²) in [5, 5.41) is 18.4. The maximum absolute atomic E-state index is 13.5. The number of hydrogen-bond donors (Lipinski definition) is 1. The maximum Gasteiger partial charge on any atom is 0.136 e. The molecule has 0 radical (unpaired) electrons. The van der Waals surface area contributed by atoms with Crippen molar-refractivity contribution >= 4 is 11.8 Å². The highest BCUT2D eigenvalue weighted by atomic mass is 32.2. The zero-order valence-electron chi connectivity index (χ0n) is 10.1. The molecule has 0 atom stereocenters. The molecule has 0 amide bonds. The van der Waals surface area contributed by atoms with Gasteiger partial charge in [-0.15, -0.1) is 11.8 Å². The molecule has 0 heterocycles. The highest BCUT2D eigenvalue weighted by Gasteiger charge is 2.06. The standard InChI is InChI=1S/C15H12FNOS/c16-13-3-1-2-4-15(13)19-10-12-9-11(7-8-17)5-6-14(12)18/h1-6,9,18H,7,10H2. The van der Waals surface area contributed by atoms with E-state index in [-0.39, 0.29) is 11.6 Å². The Morgan fingerprint density at radius 1 is 1.21 bits per heavy atom. The van der Waals surface area contributed by atoms with Crippen LogP contribution in [0.15, 0.2) is 47.4 Å². The smallest absolute Gasteiger partial charge is 0.136 e. The van der Waals surface area contributed by atoms with Gasteiger partial charge in [0.2, 0.25) is 0 Å². The van der Waals surface area contributed by atoms with E-state index in [1.807, 2.05) is 0 Å². The number of rotatable bonds is 4. The molecule has 1 N–H and O–H groups in total. The van der Waals surface area contributed by atoms with Gasteiger partial charge < -0.3 is 5.11 Å². The SMILES string of the molecule is N#CCc1ccc(O)c(CSc2ccccc2F)c1. The molecule has 0 aliphatic rings. The summed E-state index contributed by atoms with van der Waals surface area (Å²) in [6.45, 7) is 0. The van der Waals surface area contributed by atoms with E-state index in [4.69, 9.17) is 5.26 Å². The van der Waals surface area contributed by atoms with Gasteiger partial charge >= 0.3 is 0 Å². The minimum atomic E-state index is -0.264. The number of halogens is 1. The summed E-state index contributed by atoms with van der Waals surface area (Å²) in [6.07, 6.45) is 0.303. The molecule has 0 saturated heterocycles. The summed E-state index contributed by atoms with van der Waals surface area (Å²) < 4.78 is 13.5. The third kappa shape index (κ3) is 3.49. The molecule has 19 heavy (non-hydrogen) atoms. The first-order chi connectivity index (χ1) is 9.20. The van der Waals surface area contributed by atoms with E-state index in [1.165, 1.54) is 17.8 Å². The second-order valence-electron chi connectivity index (χ2n) is 4.02. The van der Waals surface area contributed by atoms with E-state index in [1.54, 1.807) is 36.4 Å². The predicted octanol–water partition coefficient (Wildman–Crippen LogP) is 3.89. The van der Waals surface area contributed by atoms with Gasteiger partial charge in [0.15, 0.2) is 0 Å². The first-order valence-electron chi connectivity index (χ1n) is 5.76. The number of hydrogen-bond acceptors (Lipinski definition) is 3. The van der Waals surface area contributed by atoms with Crippen molar-refractivity contribution in [2.75, 3.05) is 0 Å². The Bertz CT molecular complexity index is 622. The highest BCUT2D eigenvalue weighted by Crippen LogP contribution is 2.29. The average molecular weight is 273 g/mol. The zero-order chi connectivity index (χ0) is 13.7. The third-order valence-corrected chi connectivity index (χ3v) is 3.74. The van der Waals surface area contributed by atoms with Crippen molar-refractivity contribution in [3.63, 3.8) is 0 Å². The molecule has 96 valence electrons. The summed E-state index contributed by atoms with van der Waals surface area (Å²) in [5.74, 6) is 0.372. The van der Waals surface area contributed by atoms with Gasteiger partial charge in [-0.1, -0.05) is 24.3 Å². The van der Waals surface area contributed by atoms with Crippen LogP contribution in [0.3, 0.4) is 0 Å². The molecule has 2 aromatic rings. The monoisotopic (exact) mass is 273 g/mol. The van der Waals surface area contributed by atoms with E-state index >= 15 is 0 Å². The van der Waals surface area contributed by atoms with Gasteiger partial charge in [-0.2, -0.15) is 5.26 Å². The van der Waals surface area contributed by atoms with Gasteiger partial charge in [0.1, 0.15) is 11.6 Å². The Morgan fingerprint density at radius 2 is 2.00 bits per heavy atom. The Hall–Kier alpha value is -1.99. The van der Waals surface area contributed by atoms with Crippen molar-refractivity contribution in [3.8, 4) is 11.8 Å². The lowest BCUT2D eigenvalue weighted by atomic mass is 10.1. The number of thioether (sulfide) groups is 1. The second kappa shape index (κ2) is 6.26. The molecule has 0 aliphatic heterocycles. The molecule has 2 rings (SSSR count). The summed E-state index contributed by atoms with van der Waals surface area (Å²) in [6, 6.07) is 13.7. The molecule has 2 aromatic carbocycles. The van der Waals surface area contributed by atoms with Crippen LogP contribution in [0.4, 0.5) is 4.39 Å².